The predicted molar refractivity (Wildman–Crippen MR) is 101 cm³/mol. The monoisotopic (exact) mass is 371 g/mol. The molecular formula is C21H26FN3O2. The van der Waals surface area contributed by atoms with Crippen LogP contribution >= 0.6 is 0 Å². The molecule has 1 aromatic carbocycles. The van der Waals surface area contributed by atoms with Gasteiger partial charge in [0.15, 0.2) is 0 Å². The minimum absolute atomic E-state index is 0.000774. The number of hydrogen-bond donors (Lipinski definition) is 2. The van der Waals surface area contributed by atoms with Crippen LogP contribution in [0.15, 0.2) is 48.7 Å². The summed E-state index contributed by atoms with van der Waals surface area (Å²) in [5.74, 6) is -0.0714. The average molecular weight is 371 g/mol. The number of pyridine rings is 1. The van der Waals surface area contributed by atoms with Crippen LogP contribution in [0.3, 0.4) is 0 Å². The second-order valence-corrected chi connectivity index (χ2v) is 7.04. The van der Waals surface area contributed by atoms with E-state index in [0.29, 0.717) is 19.5 Å². The maximum absolute atomic E-state index is 12.9. The number of benzene rings is 1. The van der Waals surface area contributed by atoms with Crippen molar-refractivity contribution in [3.05, 3.63) is 65.7 Å². The maximum atomic E-state index is 12.9. The van der Waals surface area contributed by atoms with E-state index in [-0.39, 0.29) is 17.6 Å². The minimum atomic E-state index is -0.544. The molecule has 6 heteroatoms. The van der Waals surface area contributed by atoms with Crippen molar-refractivity contribution in [2.75, 3.05) is 26.2 Å². The molecule has 1 aliphatic rings. The lowest BCUT2D eigenvalue weighted by molar-refractivity contribution is -0.122. The van der Waals surface area contributed by atoms with Gasteiger partial charge >= 0.3 is 0 Å². The van der Waals surface area contributed by atoms with Crippen LogP contribution in [0.5, 0.6) is 0 Å². The third kappa shape index (κ3) is 5.84. The smallest absolute Gasteiger partial charge is 0.234 e. The van der Waals surface area contributed by atoms with Crippen molar-refractivity contribution in [3.8, 4) is 0 Å². The van der Waals surface area contributed by atoms with Crippen LogP contribution in [0.4, 0.5) is 4.39 Å². The van der Waals surface area contributed by atoms with Gasteiger partial charge < -0.3 is 10.4 Å². The highest BCUT2D eigenvalue weighted by molar-refractivity contribution is 5.78. The molecule has 2 aromatic rings. The molecule has 144 valence electrons. The summed E-state index contributed by atoms with van der Waals surface area (Å²) < 4.78 is 12.9. The number of amides is 1. The number of likely N-dealkylation sites (tertiary alicyclic amines) is 1. The number of carbonyl (C=O) groups excluding carboxylic acids is 1. The number of nitrogens with zero attached hydrogens (tertiary/aromatic N) is 2. The molecule has 1 saturated heterocycles. The molecular weight excluding hydrogens is 345 g/mol. The summed E-state index contributed by atoms with van der Waals surface area (Å²) in [4.78, 5) is 18.5. The first-order chi connectivity index (χ1) is 13.1. The molecule has 0 aliphatic carbocycles. The van der Waals surface area contributed by atoms with Gasteiger partial charge in [-0.15, -0.1) is 0 Å². The molecule has 1 amide bonds. The molecule has 2 heterocycles. The first-order valence-corrected chi connectivity index (χ1v) is 9.44. The summed E-state index contributed by atoms with van der Waals surface area (Å²) in [5.41, 5.74) is 1.72. The number of halogens is 1. The van der Waals surface area contributed by atoms with Crippen LogP contribution in [0, 0.1) is 11.7 Å². The van der Waals surface area contributed by atoms with E-state index >= 15 is 0 Å². The van der Waals surface area contributed by atoms with Crippen molar-refractivity contribution >= 4 is 5.91 Å². The van der Waals surface area contributed by atoms with E-state index in [0.717, 1.165) is 37.2 Å². The van der Waals surface area contributed by atoms with Crippen molar-refractivity contribution in [1.29, 1.82) is 0 Å². The average Bonchev–Trinajstić information content (AvgIpc) is 2.70. The molecule has 0 radical (unpaired) electrons. The largest absolute Gasteiger partial charge is 0.387 e. The zero-order valence-electron chi connectivity index (χ0n) is 15.4. The lowest BCUT2D eigenvalue weighted by atomic mass is 9.89. The number of aliphatic hydroxyl groups excluding tert-OH is 1. The summed E-state index contributed by atoms with van der Waals surface area (Å²) in [6.07, 6.45) is 3.54. The highest BCUT2D eigenvalue weighted by Gasteiger charge is 2.27. The molecule has 0 saturated carbocycles. The van der Waals surface area contributed by atoms with Gasteiger partial charge in [-0.2, -0.15) is 0 Å². The van der Waals surface area contributed by atoms with E-state index in [1.54, 1.807) is 18.3 Å². The Morgan fingerprint density at radius 1 is 1.22 bits per heavy atom. The molecule has 3 rings (SSSR count). The molecule has 27 heavy (non-hydrogen) atoms. The quantitative estimate of drug-likeness (QED) is 0.784. The molecule has 2 N–H and O–H groups in total. The summed E-state index contributed by atoms with van der Waals surface area (Å²) in [6.45, 7) is 2.50. The summed E-state index contributed by atoms with van der Waals surface area (Å²) in [6, 6.07) is 11.9. The molecule has 5 nitrogen and oxygen atoms in total. The van der Waals surface area contributed by atoms with Crippen molar-refractivity contribution in [3.63, 3.8) is 0 Å². The van der Waals surface area contributed by atoms with Crippen LogP contribution in [-0.4, -0.2) is 47.1 Å². The highest BCUT2D eigenvalue weighted by Crippen LogP contribution is 2.29. The Morgan fingerprint density at radius 3 is 2.63 bits per heavy atom. The molecule has 0 spiro atoms. The zero-order chi connectivity index (χ0) is 19.1. The van der Waals surface area contributed by atoms with Gasteiger partial charge in [-0.05, 0) is 68.1 Å². The van der Waals surface area contributed by atoms with Crippen LogP contribution in [0.2, 0.25) is 0 Å². The van der Waals surface area contributed by atoms with E-state index in [2.05, 4.69) is 15.2 Å². The van der Waals surface area contributed by atoms with E-state index < -0.39 is 6.10 Å². The Balaban J connectivity index is 1.36. The molecule has 1 aliphatic heterocycles. The molecule has 1 atom stereocenters. The lowest BCUT2D eigenvalue weighted by Crippen LogP contribution is -2.42. The summed E-state index contributed by atoms with van der Waals surface area (Å²) in [5, 5.41) is 13.4. The fourth-order valence-corrected chi connectivity index (χ4v) is 3.48. The number of piperidine rings is 1. The Labute approximate surface area is 159 Å². The summed E-state index contributed by atoms with van der Waals surface area (Å²) in [7, 11) is 0. The van der Waals surface area contributed by atoms with Crippen LogP contribution < -0.4 is 5.32 Å². The number of aromatic nitrogens is 1. The second-order valence-electron chi connectivity index (χ2n) is 7.04. The Morgan fingerprint density at radius 2 is 1.96 bits per heavy atom. The van der Waals surface area contributed by atoms with E-state index in [4.69, 9.17) is 0 Å². The third-order valence-corrected chi connectivity index (χ3v) is 5.09. The predicted octanol–water partition coefficient (Wildman–Crippen LogP) is 2.33. The van der Waals surface area contributed by atoms with Crippen LogP contribution in [0.25, 0.3) is 0 Å². The van der Waals surface area contributed by atoms with E-state index in [9.17, 15) is 14.3 Å². The number of aliphatic hydroxyl groups is 1. The minimum Gasteiger partial charge on any atom is -0.387 e. The lowest BCUT2D eigenvalue weighted by Gasteiger charge is -2.33. The van der Waals surface area contributed by atoms with Crippen molar-refractivity contribution in [2.45, 2.75) is 25.4 Å². The zero-order valence-corrected chi connectivity index (χ0v) is 15.4. The number of carbonyl (C=O) groups is 1. The number of hydrogen-bond acceptors (Lipinski definition) is 4. The Hall–Kier alpha value is -2.31. The first kappa shape index (κ1) is 19.5. The third-order valence-electron chi connectivity index (χ3n) is 5.09. The van der Waals surface area contributed by atoms with Crippen LogP contribution in [0.1, 0.15) is 30.2 Å². The van der Waals surface area contributed by atoms with Crippen LogP contribution in [-0.2, 0) is 11.2 Å². The number of rotatable bonds is 7. The Bertz CT molecular complexity index is 716. The van der Waals surface area contributed by atoms with Gasteiger partial charge in [0, 0.05) is 12.7 Å². The molecule has 0 unspecified atom stereocenters. The van der Waals surface area contributed by atoms with Crippen molar-refractivity contribution in [2.24, 2.45) is 5.92 Å². The first-order valence-electron chi connectivity index (χ1n) is 9.44. The van der Waals surface area contributed by atoms with Gasteiger partial charge in [-0.25, -0.2) is 4.39 Å². The summed E-state index contributed by atoms with van der Waals surface area (Å²) >= 11 is 0. The maximum Gasteiger partial charge on any atom is 0.234 e. The van der Waals surface area contributed by atoms with E-state index in [1.807, 2.05) is 18.2 Å². The molecule has 1 fully saturated rings. The van der Waals surface area contributed by atoms with Gasteiger partial charge in [0.05, 0.1) is 18.3 Å². The molecule has 0 bridgehead atoms. The van der Waals surface area contributed by atoms with Gasteiger partial charge in [-0.1, -0.05) is 18.2 Å². The SMILES string of the molecule is O=C(CN1CCC([C@@H](O)c2ccccn2)CC1)NCCc1ccc(F)cc1. The fourth-order valence-electron chi connectivity index (χ4n) is 3.48. The molecule has 1 aromatic heterocycles. The normalized spacial score (nSPS) is 16.8. The topological polar surface area (TPSA) is 65.5 Å². The fraction of sp³-hybridized carbons (Fsp3) is 0.429. The van der Waals surface area contributed by atoms with E-state index in [1.165, 1.54) is 12.1 Å². The van der Waals surface area contributed by atoms with Gasteiger partial charge in [0.1, 0.15) is 5.82 Å². The van der Waals surface area contributed by atoms with Gasteiger partial charge in [0.2, 0.25) is 5.91 Å². The van der Waals surface area contributed by atoms with Gasteiger partial charge in [0.25, 0.3) is 0 Å². The highest BCUT2D eigenvalue weighted by atomic mass is 19.1. The standard InChI is InChI=1S/C21H26FN3O2/c22-18-6-4-16(5-7-18)8-12-24-20(26)15-25-13-9-17(10-14-25)21(27)19-3-1-2-11-23-19/h1-7,11,17,21,27H,8-10,12-15H2,(H,24,26)/t21-/m1/s1. The Kier molecular flexibility index (Phi) is 6.90. The number of nitrogens with one attached hydrogen (secondary N) is 1. The van der Waals surface area contributed by atoms with Gasteiger partial charge in [-0.3, -0.25) is 14.7 Å². The second kappa shape index (κ2) is 9.58. The van der Waals surface area contributed by atoms with Crippen molar-refractivity contribution in [1.82, 2.24) is 15.2 Å². The van der Waals surface area contributed by atoms with Crippen molar-refractivity contribution < 1.29 is 14.3 Å².